The maximum atomic E-state index is 13.4. The predicted molar refractivity (Wildman–Crippen MR) is 150 cm³/mol. The van der Waals surface area contributed by atoms with Crippen molar-refractivity contribution in [3.8, 4) is 5.75 Å². The van der Waals surface area contributed by atoms with Crippen LogP contribution in [0.4, 0.5) is 0 Å². The number of benzene rings is 2. The Hall–Kier alpha value is -4.45. The van der Waals surface area contributed by atoms with Crippen molar-refractivity contribution < 1.29 is 39.3 Å². The number of aromatic hydroxyl groups is 1. The maximum absolute atomic E-state index is 13.4. The minimum Gasteiger partial charge on any atom is -0.508 e. The molecule has 0 spiro atoms. The van der Waals surface area contributed by atoms with Crippen molar-refractivity contribution in [1.29, 1.82) is 0 Å². The van der Waals surface area contributed by atoms with E-state index in [4.69, 9.17) is 10.8 Å². The highest BCUT2D eigenvalue weighted by Gasteiger charge is 2.31. The number of phenolic OH excluding ortho intramolecular Hbond substituents is 1. The second kappa shape index (κ2) is 16.0. The van der Waals surface area contributed by atoms with Crippen molar-refractivity contribution in [3.05, 3.63) is 65.7 Å². The zero-order valence-corrected chi connectivity index (χ0v) is 23.1. The van der Waals surface area contributed by atoms with Gasteiger partial charge in [-0.1, -0.05) is 56.3 Å². The van der Waals surface area contributed by atoms with E-state index in [2.05, 4.69) is 16.0 Å². The molecule has 4 unspecified atom stereocenters. The summed E-state index contributed by atoms with van der Waals surface area (Å²) in [5, 5.41) is 35.8. The van der Waals surface area contributed by atoms with Gasteiger partial charge in [0.05, 0.1) is 6.04 Å². The van der Waals surface area contributed by atoms with Crippen LogP contribution in [0.15, 0.2) is 54.6 Å². The van der Waals surface area contributed by atoms with Gasteiger partial charge < -0.3 is 37.0 Å². The van der Waals surface area contributed by atoms with E-state index in [0.29, 0.717) is 5.56 Å². The summed E-state index contributed by atoms with van der Waals surface area (Å²) < 4.78 is 0. The Kier molecular flexibility index (Phi) is 12.8. The molecular weight excluding hydrogens is 532 g/mol. The van der Waals surface area contributed by atoms with Gasteiger partial charge in [0.1, 0.15) is 23.9 Å². The summed E-state index contributed by atoms with van der Waals surface area (Å²) in [5.74, 6) is -4.53. The molecule has 12 heteroatoms. The van der Waals surface area contributed by atoms with Gasteiger partial charge in [-0.15, -0.1) is 0 Å². The van der Waals surface area contributed by atoms with Gasteiger partial charge in [-0.3, -0.25) is 19.2 Å². The lowest BCUT2D eigenvalue weighted by Gasteiger charge is -2.26. The molecule has 8 N–H and O–H groups in total. The van der Waals surface area contributed by atoms with E-state index >= 15 is 0 Å². The third-order valence-electron chi connectivity index (χ3n) is 6.25. The molecule has 0 radical (unpaired) electrons. The number of phenols is 1. The number of carbonyl (C=O) groups is 5. The summed E-state index contributed by atoms with van der Waals surface area (Å²) >= 11 is 0. The van der Waals surface area contributed by atoms with E-state index < -0.39 is 53.8 Å². The van der Waals surface area contributed by atoms with Crippen LogP contribution in [0.25, 0.3) is 0 Å². The number of nitrogens with two attached hydrogens (primary N) is 1. The van der Waals surface area contributed by atoms with E-state index in [1.165, 1.54) is 12.1 Å². The number of carbonyl (C=O) groups excluding carboxylic acids is 3. The molecule has 41 heavy (non-hydrogen) atoms. The molecule has 2 aromatic carbocycles. The second-order valence-electron chi connectivity index (χ2n) is 10.3. The van der Waals surface area contributed by atoms with Crippen LogP contribution in [0.5, 0.6) is 5.75 Å². The number of rotatable bonds is 16. The number of hydrogen-bond acceptors (Lipinski definition) is 7. The molecule has 0 heterocycles. The molecule has 2 aromatic rings. The highest BCUT2D eigenvalue weighted by molar-refractivity contribution is 5.94. The van der Waals surface area contributed by atoms with Gasteiger partial charge in [0.25, 0.3) is 0 Å². The maximum Gasteiger partial charge on any atom is 0.326 e. The van der Waals surface area contributed by atoms with E-state index in [1.807, 2.05) is 13.8 Å². The molecule has 2 rings (SSSR count). The summed E-state index contributed by atoms with van der Waals surface area (Å²) in [4.78, 5) is 62.2. The Balaban J connectivity index is 2.21. The van der Waals surface area contributed by atoms with Gasteiger partial charge >= 0.3 is 11.9 Å². The first kappa shape index (κ1) is 32.8. The zero-order chi connectivity index (χ0) is 30.5. The van der Waals surface area contributed by atoms with Crippen LogP contribution in [0.2, 0.25) is 0 Å². The molecule has 0 saturated heterocycles. The number of aliphatic carboxylic acids is 2. The molecule has 222 valence electrons. The summed E-state index contributed by atoms with van der Waals surface area (Å²) in [5.41, 5.74) is 7.13. The van der Waals surface area contributed by atoms with Crippen LogP contribution in [0, 0.1) is 5.92 Å². The van der Waals surface area contributed by atoms with E-state index in [9.17, 15) is 34.2 Å². The molecule has 0 aromatic heterocycles. The van der Waals surface area contributed by atoms with E-state index in [1.54, 1.807) is 42.5 Å². The Morgan fingerprint density at radius 1 is 0.732 bits per heavy atom. The largest absolute Gasteiger partial charge is 0.508 e. The number of nitrogens with one attached hydrogen (secondary N) is 3. The number of hydrogen-bond donors (Lipinski definition) is 7. The molecule has 0 aliphatic carbocycles. The third-order valence-corrected chi connectivity index (χ3v) is 6.25. The smallest absolute Gasteiger partial charge is 0.326 e. The normalized spacial score (nSPS) is 13.9. The van der Waals surface area contributed by atoms with Gasteiger partial charge in [-0.05, 0) is 42.0 Å². The summed E-state index contributed by atoms with van der Waals surface area (Å²) in [6.07, 6.45) is -0.247. The van der Waals surface area contributed by atoms with Crippen molar-refractivity contribution in [1.82, 2.24) is 16.0 Å². The Morgan fingerprint density at radius 3 is 1.80 bits per heavy atom. The van der Waals surface area contributed by atoms with Crippen molar-refractivity contribution in [3.63, 3.8) is 0 Å². The van der Waals surface area contributed by atoms with Gasteiger partial charge in [-0.25, -0.2) is 4.79 Å². The Morgan fingerprint density at radius 2 is 1.24 bits per heavy atom. The summed E-state index contributed by atoms with van der Waals surface area (Å²) in [6, 6.07) is 10.0. The van der Waals surface area contributed by atoms with Crippen molar-refractivity contribution in [2.75, 3.05) is 0 Å². The lowest BCUT2D eigenvalue weighted by molar-refractivity contribution is -0.142. The summed E-state index contributed by atoms with van der Waals surface area (Å²) in [7, 11) is 0. The SMILES string of the molecule is CC(C)CC(NC(=O)C(Cc1ccccc1)NC(=O)C(N)CCC(=O)O)C(=O)NC(Cc1ccc(O)cc1)C(=O)O. The Labute approximate surface area is 238 Å². The van der Waals surface area contributed by atoms with Gasteiger partial charge in [-0.2, -0.15) is 0 Å². The molecule has 0 bridgehead atoms. The fraction of sp³-hybridized carbons (Fsp3) is 0.414. The van der Waals surface area contributed by atoms with Crippen molar-refractivity contribution in [2.45, 2.75) is 70.1 Å². The van der Waals surface area contributed by atoms with Crippen LogP contribution in [-0.4, -0.2) is 69.1 Å². The highest BCUT2D eigenvalue weighted by atomic mass is 16.4. The molecule has 12 nitrogen and oxygen atoms in total. The zero-order valence-electron chi connectivity index (χ0n) is 23.1. The fourth-order valence-electron chi connectivity index (χ4n) is 4.06. The summed E-state index contributed by atoms with van der Waals surface area (Å²) in [6.45, 7) is 3.67. The minimum atomic E-state index is -1.30. The van der Waals surface area contributed by atoms with Gasteiger partial charge in [0, 0.05) is 19.3 Å². The molecule has 3 amide bonds. The third kappa shape index (κ3) is 11.7. The monoisotopic (exact) mass is 570 g/mol. The number of amides is 3. The molecule has 0 saturated carbocycles. The van der Waals surface area contributed by atoms with Crippen LogP contribution >= 0.6 is 0 Å². The van der Waals surface area contributed by atoms with Crippen LogP contribution < -0.4 is 21.7 Å². The Bertz CT molecular complexity index is 1190. The topological polar surface area (TPSA) is 208 Å². The standard InChI is InChI=1S/C29H38N4O8/c1-17(2)14-22(27(38)33-24(29(40)41)16-19-8-10-20(34)11-9-19)32-28(39)23(15-18-6-4-3-5-7-18)31-26(37)21(30)12-13-25(35)36/h3-11,17,21-24,34H,12-16,30H2,1-2H3,(H,31,37)(H,32,39)(H,33,38)(H,35,36)(H,40,41). The van der Waals surface area contributed by atoms with Crippen LogP contribution in [0.1, 0.15) is 44.2 Å². The quantitative estimate of drug-likeness (QED) is 0.153. The second-order valence-corrected chi connectivity index (χ2v) is 10.3. The lowest BCUT2D eigenvalue weighted by Crippen LogP contribution is -2.58. The number of carboxylic acid groups (broad SMARTS) is 2. The molecule has 0 aliphatic rings. The van der Waals surface area contributed by atoms with E-state index in [0.717, 1.165) is 5.56 Å². The minimum absolute atomic E-state index is 0.0179. The van der Waals surface area contributed by atoms with Gasteiger partial charge in [0.15, 0.2) is 0 Å². The average Bonchev–Trinajstić information content (AvgIpc) is 2.91. The lowest BCUT2D eigenvalue weighted by atomic mass is 9.99. The number of carboxylic acids is 2. The van der Waals surface area contributed by atoms with Crippen LogP contribution in [-0.2, 0) is 36.8 Å². The molecule has 4 atom stereocenters. The molecular formula is C29H38N4O8. The van der Waals surface area contributed by atoms with Crippen molar-refractivity contribution >= 4 is 29.7 Å². The van der Waals surface area contributed by atoms with Gasteiger partial charge in [0.2, 0.25) is 17.7 Å². The fourth-order valence-corrected chi connectivity index (χ4v) is 4.06. The predicted octanol–water partition coefficient (Wildman–Crippen LogP) is 0.955. The first-order valence-electron chi connectivity index (χ1n) is 13.3. The van der Waals surface area contributed by atoms with E-state index in [-0.39, 0.29) is 43.8 Å². The van der Waals surface area contributed by atoms with Crippen molar-refractivity contribution in [2.24, 2.45) is 11.7 Å². The first-order valence-corrected chi connectivity index (χ1v) is 13.3. The first-order chi connectivity index (χ1) is 19.3. The molecule has 0 aliphatic heterocycles. The van der Waals surface area contributed by atoms with Crippen LogP contribution in [0.3, 0.4) is 0 Å². The average molecular weight is 571 g/mol. The highest BCUT2D eigenvalue weighted by Crippen LogP contribution is 2.13. The molecule has 0 fully saturated rings.